The van der Waals surface area contributed by atoms with E-state index in [1.807, 2.05) is 0 Å². The lowest BCUT2D eigenvalue weighted by atomic mass is 9.99. The zero-order valence-electron chi connectivity index (χ0n) is 16.0. The van der Waals surface area contributed by atoms with E-state index in [9.17, 15) is 14.9 Å². The number of nitro benzene ring substituents is 1. The van der Waals surface area contributed by atoms with Gasteiger partial charge >= 0.3 is 0 Å². The fourth-order valence-electron chi connectivity index (χ4n) is 3.14. The number of amides is 1. The van der Waals surface area contributed by atoms with Gasteiger partial charge < -0.3 is 10.1 Å². The van der Waals surface area contributed by atoms with Gasteiger partial charge in [-0.2, -0.15) is 0 Å². The van der Waals surface area contributed by atoms with Gasteiger partial charge in [-0.05, 0) is 31.7 Å². The van der Waals surface area contributed by atoms with Crippen LogP contribution in [0.4, 0.5) is 11.4 Å². The molecule has 26 heavy (non-hydrogen) atoms. The molecule has 1 fully saturated rings. The van der Waals surface area contributed by atoms with Crippen molar-refractivity contribution in [1.82, 2.24) is 4.90 Å². The Morgan fingerprint density at radius 3 is 2.65 bits per heavy atom. The van der Waals surface area contributed by atoms with Crippen molar-refractivity contribution in [1.29, 1.82) is 0 Å². The van der Waals surface area contributed by atoms with Crippen LogP contribution < -0.4 is 10.1 Å². The van der Waals surface area contributed by atoms with Crippen LogP contribution in [0.3, 0.4) is 0 Å². The average molecular weight is 363 g/mol. The molecule has 0 aromatic heterocycles. The molecule has 1 amide bonds. The van der Waals surface area contributed by atoms with E-state index in [0.29, 0.717) is 42.4 Å². The predicted molar refractivity (Wildman–Crippen MR) is 102 cm³/mol. The van der Waals surface area contributed by atoms with Crippen LogP contribution in [-0.4, -0.2) is 41.5 Å². The van der Waals surface area contributed by atoms with E-state index in [0.717, 1.165) is 6.42 Å². The fraction of sp³-hybridized carbons (Fsp3) is 0.632. The third-order valence-electron chi connectivity index (χ3n) is 5.27. The van der Waals surface area contributed by atoms with Crippen molar-refractivity contribution in [3.63, 3.8) is 0 Å². The number of methoxy groups -OCH3 is 1. The van der Waals surface area contributed by atoms with Gasteiger partial charge in [0.1, 0.15) is 5.75 Å². The number of nitrogens with zero attached hydrogens (tertiary/aromatic N) is 2. The Morgan fingerprint density at radius 1 is 1.42 bits per heavy atom. The Kier molecular flexibility index (Phi) is 6.97. The second-order valence-corrected chi connectivity index (χ2v) is 7.04. The smallest absolute Gasteiger partial charge is 0.271 e. The van der Waals surface area contributed by atoms with Crippen molar-refractivity contribution in [3.8, 4) is 5.75 Å². The summed E-state index contributed by atoms with van der Waals surface area (Å²) in [5.41, 5.74) is 0.255. The molecule has 7 heteroatoms. The van der Waals surface area contributed by atoms with E-state index in [2.05, 4.69) is 31.0 Å². The van der Waals surface area contributed by atoms with Crippen molar-refractivity contribution in [2.24, 2.45) is 5.92 Å². The summed E-state index contributed by atoms with van der Waals surface area (Å²) in [6, 6.07) is 5.20. The largest absolute Gasteiger partial charge is 0.495 e. The number of carbonyl (C=O) groups is 1. The van der Waals surface area contributed by atoms with Crippen LogP contribution in [0.1, 0.15) is 46.5 Å². The third kappa shape index (κ3) is 5.17. The molecule has 1 aliphatic rings. The minimum Gasteiger partial charge on any atom is -0.495 e. The summed E-state index contributed by atoms with van der Waals surface area (Å²) in [7, 11) is 1.47. The van der Waals surface area contributed by atoms with Crippen LogP contribution in [0.25, 0.3) is 0 Å². The van der Waals surface area contributed by atoms with Crippen LogP contribution in [0.2, 0.25) is 0 Å². The highest BCUT2D eigenvalue weighted by Crippen LogP contribution is 2.32. The van der Waals surface area contributed by atoms with Crippen LogP contribution in [0, 0.1) is 16.0 Å². The Hall–Kier alpha value is -2.15. The standard InChI is InChI=1S/C19H29N3O4/c1-5-13(2)14(3)21(15-6-7-15)11-10-19(23)20-17-12-16(22(24)25)8-9-18(17)26-4/h8-9,12-15H,5-7,10-11H2,1-4H3,(H,20,23). The number of non-ortho nitro benzene ring substituents is 1. The number of hydrogen-bond acceptors (Lipinski definition) is 5. The first-order valence-electron chi connectivity index (χ1n) is 9.25. The van der Waals surface area contributed by atoms with Gasteiger partial charge in [0.05, 0.1) is 17.7 Å². The van der Waals surface area contributed by atoms with Gasteiger partial charge in [-0.15, -0.1) is 0 Å². The van der Waals surface area contributed by atoms with Crippen molar-refractivity contribution in [2.75, 3.05) is 19.0 Å². The third-order valence-corrected chi connectivity index (χ3v) is 5.27. The van der Waals surface area contributed by atoms with Gasteiger partial charge in [0.15, 0.2) is 0 Å². The minimum absolute atomic E-state index is 0.0777. The monoisotopic (exact) mass is 363 g/mol. The van der Waals surface area contributed by atoms with Crippen molar-refractivity contribution in [3.05, 3.63) is 28.3 Å². The van der Waals surface area contributed by atoms with Gasteiger partial charge in [-0.25, -0.2) is 0 Å². The molecule has 0 saturated heterocycles. The summed E-state index contributed by atoms with van der Waals surface area (Å²) in [5, 5.41) is 13.7. The van der Waals surface area contributed by atoms with Gasteiger partial charge in [0.25, 0.3) is 5.69 Å². The molecular formula is C19H29N3O4. The molecule has 1 aromatic carbocycles. The topological polar surface area (TPSA) is 84.7 Å². The highest BCUT2D eigenvalue weighted by Gasteiger charge is 2.33. The molecule has 0 heterocycles. The average Bonchev–Trinajstić information content (AvgIpc) is 3.45. The number of benzene rings is 1. The predicted octanol–water partition coefficient (Wildman–Crippen LogP) is 3.83. The number of nitrogens with one attached hydrogen (secondary N) is 1. The van der Waals surface area contributed by atoms with Gasteiger partial charge in [-0.1, -0.05) is 20.3 Å². The van der Waals surface area contributed by atoms with E-state index in [-0.39, 0.29) is 11.6 Å². The van der Waals surface area contributed by atoms with Gasteiger partial charge in [0.2, 0.25) is 5.91 Å². The lowest BCUT2D eigenvalue weighted by Crippen LogP contribution is -2.40. The van der Waals surface area contributed by atoms with Crippen LogP contribution in [-0.2, 0) is 4.79 Å². The normalized spacial score (nSPS) is 16.2. The Bertz CT molecular complexity index is 646. The molecule has 0 aliphatic heterocycles. The van der Waals surface area contributed by atoms with E-state index >= 15 is 0 Å². The maximum Gasteiger partial charge on any atom is 0.271 e. The number of carbonyl (C=O) groups excluding carboxylic acids is 1. The molecule has 2 unspecified atom stereocenters. The van der Waals surface area contributed by atoms with Crippen molar-refractivity contribution >= 4 is 17.3 Å². The number of nitro groups is 1. The molecular weight excluding hydrogens is 334 g/mol. The summed E-state index contributed by atoms with van der Waals surface area (Å²) in [4.78, 5) is 25.3. The molecule has 0 spiro atoms. The molecule has 2 rings (SSSR count). The highest BCUT2D eigenvalue weighted by molar-refractivity contribution is 5.92. The summed E-state index contributed by atoms with van der Waals surface area (Å²) in [6.45, 7) is 7.36. The SMILES string of the molecule is CCC(C)C(C)N(CCC(=O)Nc1cc([N+](=O)[O-])ccc1OC)C1CC1. The maximum atomic E-state index is 12.4. The number of ether oxygens (including phenoxy) is 1. The van der Waals surface area contributed by atoms with Crippen LogP contribution in [0.15, 0.2) is 18.2 Å². The summed E-state index contributed by atoms with van der Waals surface area (Å²) < 4.78 is 5.19. The first kappa shape index (κ1) is 20.2. The van der Waals surface area contributed by atoms with Crippen molar-refractivity contribution < 1.29 is 14.5 Å². The first-order chi connectivity index (χ1) is 12.4. The molecule has 1 aliphatic carbocycles. The molecule has 1 saturated carbocycles. The van der Waals surface area contributed by atoms with Gasteiger partial charge in [0, 0.05) is 37.2 Å². The second-order valence-electron chi connectivity index (χ2n) is 7.04. The number of rotatable bonds is 10. The minimum atomic E-state index is -0.488. The summed E-state index contributed by atoms with van der Waals surface area (Å²) in [5.74, 6) is 0.831. The molecule has 2 atom stereocenters. The quantitative estimate of drug-likeness (QED) is 0.504. The van der Waals surface area contributed by atoms with Crippen LogP contribution in [0.5, 0.6) is 5.75 Å². The van der Waals surface area contributed by atoms with Gasteiger partial charge in [-0.3, -0.25) is 19.8 Å². The zero-order valence-corrected chi connectivity index (χ0v) is 16.0. The molecule has 144 valence electrons. The zero-order chi connectivity index (χ0) is 19.3. The molecule has 0 radical (unpaired) electrons. The molecule has 1 N–H and O–H groups in total. The fourth-order valence-corrected chi connectivity index (χ4v) is 3.14. The van der Waals surface area contributed by atoms with E-state index in [1.54, 1.807) is 0 Å². The van der Waals surface area contributed by atoms with Crippen molar-refractivity contribution in [2.45, 2.75) is 58.5 Å². The van der Waals surface area contributed by atoms with E-state index in [1.165, 1.54) is 38.2 Å². The molecule has 7 nitrogen and oxygen atoms in total. The summed E-state index contributed by atoms with van der Waals surface area (Å²) in [6.07, 6.45) is 3.85. The lowest BCUT2D eigenvalue weighted by molar-refractivity contribution is -0.384. The van der Waals surface area contributed by atoms with E-state index < -0.39 is 4.92 Å². The number of hydrogen-bond donors (Lipinski definition) is 1. The lowest BCUT2D eigenvalue weighted by Gasteiger charge is -2.33. The Morgan fingerprint density at radius 2 is 2.12 bits per heavy atom. The first-order valence-corrected chi connectivity index (χ1v) is 9.25. The van der Waals surface area contributed by atoms with Crippen LogP contribution >= 0.6 is 0 Å². The number of anilines is 1. The maximum absolute atomic E-state index is 12.4. The highest BCUT2D eigenvalue weighted by atomic mass is 16.6. The molecule has 0 bridgehead atoms. The second kappa shape index (κ2) is 8.98. The Labute approximate surface area is 154 Å². The Balaban J connectivity index is 1.99. The summed E-state index contributed by atoms with van der Waals surface area (Å²) >= 11 is 0. The molecule has 1 aromatic rings. The van der Waals surface area contributed by atoms with E-state index in [4.69, 9.17) is 4.74 Å².